The Morgan fingerprint density at radius 1 is 1.40 bits per heavy atom. The fourth-order valence-electron chi connectivity index (χ4n) is 2.38. The van der Waals surface area contributed by atoms with Crippen LogP contribution in [-0.2, 0) is 14.8 Å². The van der Waals surface area contributed by atoms with Crippen LogP contribution in [0.2, 0.25) is 0 Å². The molecule has 20 heavy (non-hydrogen) atoms. The quantitative estimate of drug-likeness (QED) is 0.861. The fourth-order valence-corrected chi connectivity index (χ4v) is 4.00. The van der Waals surface area contributed by atoms with Crippen molar-refractivity contribution < 1.29 is 18.3 Å². The van der Waals surface area contributed by atoms with Crippen LogP contribution in [0.15, 0.2) is 27.6 Å². The minimum Gasteiger partial charge on any atom is -0.481 e. The summed E-state index contributed by atoms with van der Waals surface area (Å²) in [5.41, 5.74) is 0.836. The molecule has 2 atom stereocenters. The zero-order valence-corrected chi connectivity index (χ0v) is 13.4. The maximum Gasteiger partial charge on any atom is 0.306 e. The predicted octanol–water partition coefficient (Wildman–Crippen LogP) is 2.29. The molecule has 110 valence electrons. The summed E-state index contributed by atoms with van der Waals surface area (Å²) in [6.07, 6.45) is 1.43. The molecule has 0 heterocycles. The molecule has 2 N–H and O–H groups in total. The van der Waals surface area contributed by atoms with Crippen LogP contribution in [0.4, 0.5) is 0 Å². The van der Waals surface area contributed by atoms with Crippen molar-refractivity contribution in [1.29, 1.82) is 0 Å². The molecule has 0 spiro atoms. The third-order valence-electron chi connectivity index (χ3n) is 3.54. The van der Waals surface area contributed by atoms with Gasteiger partial charge in [-0.15, -0.1) is 0 Å². The van der Waals surface area contributed by atoms with Gasteiger partial charge in [-0.25, -0.2) is 13.1 Å². The summed E-state index contributed by atoms with van der Waals surface area (Å²) in [6.45, 7) is 1.82. The molecule has 1 saturated carbocycles. The van der Waals surface area contributed by atoms with Crippen LogP contribution in [0.3, 0.4) is 0 Å². The number of hydrogen-bond acceptors (Lipinski definition) is 3. The van der Waals surface area contributed by atoms with Crippen molar-refractivity contribution in [2.24, 2.45) is 5.92 Å². The van der Waals surface area contributed by atoms with Gasteiger partial charge in [0, 0.05) is 10.5 Å². The van der Waals surface area contributed by atoms with Gasteiger partial charge in [-0.05, 0) is 49.9 Å². The van der Waals surface area contributed by atoms with Crippen molar-refractivity contribution in [3.05, 3.63) is 28.2 Å². The van der Waals surface area contributed by atoms with Crippen molar-refractivity contribution in [3.63, 3.8) is 0 Å². The van der Waals surface area contributed by atoms with Gasteiger partial charge in [-0.1, -0.05) is 15.9 Å². The Bertz CT molecular complexity index is 629. The van der Waals surface area contributed by atoms with Crippen molar-refractivity contribution in [1.82, 2.24) is 4.72 Å². The summed E-state index contributed by atoms with van der Waals surface area (Å²) in [6, 6.07) is 4.52. The number of carboxylic acids is 1. The summed E-state index contributed by atoms with van der Waals surface area (Å²) in [5, 5.41) is 8.93. The number of halogens is 1. The van der Waals surface area contributed by atoms with Crippen LogP contribution >= 0.6 is 15.9 Å². The molecule has 0 bridgehead atoms. The van der Waals surface area contributed by atoms with Crippen molar-refractivity contribution >= 4 is 31.9 Å². The number of hydrogen-bond donors (Lipinski definition) is 2. The zero-order chi connectivity index (χ0) is 14.9. The summed E-state index contributed by atoms with van der Waals surface area (Å²) in [5.74, 6) is -1.31. The number of carbonyl (C=O) groups is 1. The highest BCUT2D eigenvalue weighted by atomic mass is 79.9. The number of sulfonamides is 1. The average molecular weight is 362 g/mol. The van der Waals surface area contributed by atoms with E-state index in [1.807, 2.05) is 6.92 Å². The van der Waals surface area contributed by atoms with Crippen molar-refractivity contribution in [2.75, 3.05) is 0 Å². The lowest BCUT2D eigenvalue weighted by atomic mass is 10.1. The molecular weight excluding hydrogens is 346 g/mol. The maximum atomic E-state index is 12.3. The molecule has 1 fully saturated rings. The van der Waals surface area contributed by atoms with E-state index < -0.39 is 21.9 Å². The third kappa shape index (κ3) is 3.39. The van der Waals surface area contributed by atoms with Gasteiger partial charge in [0.25, 0.3) is 0 Å². The van der Waals surface area contributed by atoms with Gasteiger partial charge < -0.3 is 5.11 Å². The van der Waals surface area contributed by atoms with E-state index in [1.54, 1.807) is 12.1 Å². The van der Waals surface area contributed by atoms with Gasteiger partial charge in [0.1, 0.15) is 0 Å². The molecule has 0 radical (unpaired) electrons. The molecular formula is C13H16BrNO4S. The molecule has 2 unspecified atom stereocenters. The number of benzene rings is 1. The smallest absolute Gasteiger partial charge is 0.306 e. The Balaban J connectivity index is 2.12. The van der Waals surface area contributed by atoms with Crippen LogP contribution in [-0.4, -0.2) is 25.5 Å². The van der Waals surface area contributed by atoms with E-state index in [4.69, 9.17) is 5.11 Å². The van der Waals surface area contributed by atoms with Crippen LogP contribution in [0, 0.1) is 12.8 Å². The second kappa shape index (κ2) is 5.83. The minimum atomic E-state index is -3.60. The van der Waals surface area contributed by atoms with Crippen LogP contribution in [0.5, 0.6) is 0 Å². The predicted molar refractivity (Wildman–Crippen MR) is 78.0 cm³/mol. The highest BCUT2D eigenvalue weighted by molar-refractivity contribution is 9.10. The zero-order valence-electron chi connectivity index (χ0n) is 11.0. The Morgan fingerprint density at radius 2 is 2.10 bits per heavy atom. The van der Waals surface area contributed by atoms with E-state index in [1.165, 1.54) is 6.07 Å². The van der Waals surface area contributed by atoms with Crippen molar-refractivity contribution in [3.8, 4) is 0 Å². The maximum absolute atomic E-state index is 12.3. The monoisotopic (exact) mass is 361 g/mol. The summed E-state index contributed by atoms with van der Waals surface area (Å²) in [4.78, 5) is 11.1. The van der Waals surface area contributed by atoms with E-state index in [-0.39, 0.29) is 10.9 Å². The highest BCUT2D eigenvalue weighted by Gasteiger charge is 2.32. The van der Waals surface area contributed by atoms with Gasteiger partial charge in [-0.3, -0.25) is 4.79 Å². The number of aryl methyl sites for hydroxylation is 1. The lowest BCUT2D eigenvalue weighted by Crippen LogP contribution is -2.33. The van der Waals surface area contributed by atoms with Crippen molar-refractivity contribution in [2.45, 2.75) is 37.1 Å². The first kappa shape index (κ1) is 15.5. The topological polar surface area (TPSA) is 83.5 Å². The molecule has 0 aliphatic heterocycles. The number of rotatable bonds is 4. The Kier molecular flexibility index (Phi) is 4.51. The molecule has 0 aromatic heterocycles. The first-order valence-electron chi connectivity index (χ1n) is 6.31. The summed E-state index contributed by atoms with van der Waals surface area (Å²) < 4.78 is 28.0. The Hall–Kier alpha value is -0.920. The van der Waals surface area contributed by atoms with E-state index in [2.05, 4.69) is 20.7 Å². The summed E-state index contributed by atoms with van der Waals surface area (Å²) in [7, 11) is -3.60. The normalized spacial score (nSPS) is 22.9. The fraction of sp³-hybridized carbons (Fsp3) is 0.462. The van der Waals surface area contributed by atoms with Gasteiger partial charge in [-0.2, -0.15) is 0 Å². The van der Waals surface area contributed by atoms with Crippen LogP contribution in [0.1, 0.15) is 24.8 Å². The van der Waals surface area contributed by atoms with Crippen LogP contribution in [0.25, 0.3) is 0 Å². The number of nitrogens with one attached hydrogen (secondary N) is 1. The van der Waals surface area contributed by atoms with E-state index >= 15 is 0 Å². The van der Waals surface area contributed by atoms with Gasteiger partial charge >= 0.3 is 5.97 Å². The lowest BCUT2D eigenvalue weighted by molar-refractivity contribution is -0.141. The lowest BCUT2D eigenvalue weighted by Gasteiger charge is -2.13. The van der Waals surface area contributed by atoms with Crippen LogP contribution < -0.4 is 4.72 Å². The third-order valence-corrected chi connectivity index (χ3v) is 5.95. The molecule has 5 nitrogen and oxygen atoms in total. The summed E-state index contributed by atoms with van der Waals surface area (Å²) >= 11 is 3.33. The molecule has 1 aromatic carbocycles. The highest BCUT2D eigenvalue weighted by Crippen LogP contribution is 2.27. The number of aliphatic carboxylic acids is 1. The van der Waals surface area contributed by atoms with Gasteiger partial charge in [0.2, 0.25) is 10.0 Å². The molecule has 1 aliphatic rings. The van der Waals surface area contributed by atoms with E-state index in [0.29, 0.717) is 19.3 Å². The van der Waals surface area contributed by atoms with E-state index in [0.717, 1.165) is 10.0 Å². The van der Waals surface area contributed by atoms with Gasteiger partial charge in [0.05, 0.1) is 10.8 Å². The molecule has 2 rings (SSSR count). The average Bonchev–Trinajstić information content (AvgIpc) is 2.80. The minimum absolute atomic E-state index is 0.206. The molecule has 1 aliphatic carbocycles. The molecule has 1 aromatic rings. The Morgan fingerprint density at radius 3 is 2.65 bits per heavy atom. The van der Waals surface area contributed by atoms with Gasteiger partial charge in [0.15, 0.2) is 0 Å². The second-order valence-corrected chi connectivity index (χ2v) is 7.65. The standard InChI is InChI=1S/C13H16BrNO4S/c1-8-6-11(4-5-12(8)14)20(18,19)15-10-3-2-9(7-10)13(16)17/h4-6,9-10,15H,2-3,7H2,1H3,(H,16,17). The molecule has 0 saturated heterocycles. The number of carboxylic acid groups (broad SMARTS) is 1. The first-order valence-corrected chi connectivity index (χ1v) is 8.58. The largest absolute Gasteiger partial charge is 0.481 e. The molecule has 7 heteroatoms. The molecule has 0 amide bonds. The Labute approximate surface area is 126 Å². The first-order chi connectivity index (χ1) is 9.29. The van der Waals surface area contributed by atoms with E-state index in [9.17, 15) is 13.2 Å². The SMILES string of the molecule is Cc1cc(S(=O)(=O)NC2CCC(C(=O)O)C2)ccc1Br. The second-order valence-electron chi connectivity index (χ2n) is 5.08.